The number of sulfonamides is 1. The molecule has 158 valence electrons. The largest absolute Gasteiger partial charge is 0.497 e. The minimum absolute atomic E-state index is 0.0620. The van der Waals surface area contributed by atoms with Crippen molar-refractivity contribution in [3.63, 3.8) is 0 Å². The van der Waals surface area contributed by atoms with E-state index in [4.69, 9.17) is 4.74 Å². The molecular weight excluding hydrogens is 406 g/mol. The average Bonchev–Trinajstić information content (AvgIpc) is 2.78. The molecule has 0 unspecified atom stereocenters. The summed E-state index contributed by atoms with van der Waals surface area (Å²) in [6.07, 6.45) is 1.63. The van der Waals surface area contributed by atoms with Crippen molar-refractivity contribution >= 4 is 21.7 Å². The SMILES string of the molecule is COc1ccc(S(=O)(=O)N[C@@H](C)C(=O)N2CCN(c3ncccc3C#N)CC2)cc1. The average molecular weight is 430 g/mol. The summed E-state index contributed by atoms with van der Waals surface area (Å²) in [5.74, 6) is 0.844. The Balaban J connectivity index is 1.61. The van der Waals surface area contributed by atoms with Gasteiger partial charge in [0.05, 0.1) is 23.6 Å². The Morgan fingerprint density at radius 1 is 1.20 bits per heavy atom. The van der Waals surface area contributed by atoms with Crippen LogP contribution in [0.5, 0.6) is 5.75 Å². The predicted molar refractivity (Wildman–Crippen MR) is 111 cm³/mol. The molecule has 2 aromatic rings. The van der Waals surface area contributed by atoms with E-state index in [1.165, 1.54) is 26.2 Å². The topological polar surface area (TPSA) is 116 Å². The van der Waals surface area contributed by atoms with Crippen LogP contribution in [0.3, 0.4) is 0 Å². The number of nitrogens with one attached hydrogen (secondary N) is 1. The summed E-state index contributed by atoms with van der Waals surface area (Å²) in [4.78, 5) is 20.7. The van der Waals surface area contributed by atoms with Gasteiger partial charge in [-0.05, 0) is 43.3 Å². The zero-order valence-corrected chi connectivity index (χ0v) is 17.6. The van der Waals surface area contributed by atoms with Crippen molar-refractivity contribution in [3.05, 3.63) is 48.2 Å². The molecule has 10 heteroatoms. The molecule has 1 aromatic heterocycles. The molecule has 0 bridgehead atoms. The summed E-state index contributed by atoms with van der Waals surface area (Å²) in [6, 6.07) is 10.6. The van der Waals surface area contributed by atoms with E-state index in [1.54, 1.807) is 35.4 Å². The van der Waals surface area contributed by atoms with Gasteiger partial charge in [0.25, 0.3) is 0 Å². The summed E-state index contributed by atoms with van der Waals surface area (Å²) >= 11 is 0. The Morgan fingerprint density at radius 3 is 2.47 bits per heavy atom. The Hall–Kier alpha value is -3.16. The molecule has 1 aliphatic heterocycles. The van der Waals surface area contributed by atoms with Crippen LogP contribution in [0.15, 0.2) is 47.5 Å². The minimum atomic E-state index is -3.84. The number of nitriles is 1. The van der Waals surface area contributed by atoms with Gasteiger partial charge in [0.1, 0.15) is 17.6 Å². The highest BCUT2D eigenvalue weighted by Crippen LogP contribution is 2.19. The van der Waals surface area contributed by atoms with Crippen LogP contribution in [-0.4, -0.2) is 63.5 Å². The molecule has 0 spiro atoms. The van der Waals surface area contributed by atoms with Crippen molar-refractivity contribution in [2.24, 2.45) is 0 Å². The lowest BCUT2D eigenvalue weighted by molar-refractivity contribution is -0.132. The highest BCUT2D eigenvalue weighted by molar-refractivity contribution is 7.89. The smallest absolute Gasteiger partial charge is 0.241 e. The lowest BCUT2D eigenvalue weighted by Gasteiger charge is -2.36. The standard InChI is InChI=1S/C20H23N5O4S/c1-15(23-30(27,28)18-7-5-17(29-2)6-8-18)20(26)25-12-10-24(11-13-25)19-16(14-21)4-3-9-22-19/h3-9,15,23H,10-13H2,1-2H3/t15-/m0/s1. The number of aromatic nitrogens is 1. The first-order valence-corrected chi connectivity index (χ1v) is 10.9. The van der Waals surface area contributed by atoms with Crippen molar-refractivity contribution in [1.82, 2.24) is 14.6 Å². The Labute approximate surface area is 175 Å². The maximum absolute atomic E-state index is 12.8. The first-order valence-electron chi connectivity index (χ1n) is 9.41. The molecule has 1 aromatic carbocycles. The lowest BCUT2D eigenvalue weighted by Crippen LogP contribution is -2.54. The van der Waals surface area contributed by atoms with Crippen LogP contribution >= 0.6 is 0 Å². The lowest BCUT2D eigenvalue weighted by atomic mass is 10.2. The molecule has 9 nitrogen and oxygen atoms in total. The summed E-state index contributed by atoms with van der Waals surface area (Å²) in [5, 5.41) is 9.24. The monoisotopic (exact) mass is 429 g/mol. The number of ether oxygens (including phenoxy) is 1. The van der Waals surface area contributed by atoms with Crippen LogP contribution in [0, 0.1) is 11.3 Å². The first kappa shape index (κ1) is 21.5. The van der Waals surface area contributed by atoms with Crippen LogP contribution in [0.2, 0.25) is 0 Å². The van der Waals surface area contributed by atoms with Gasteiger partial charge < -0.3 is 14.5 Å². The molecule has 1 saturated heterocycles. The number of carbonyl (C=O) groups excluding carboxylic acids is 1. The number of rotatable bonds is 6. The van der Waals surface area contributed by atoms with E-state index in [1.807, 2.05) is 4.90 Å². The number of methoxy groups -OCH3 is 1. The van der Waals surface area contributed by atoms with Gasteiger partial charge in [-0.15, -0.1) is 0 Å². The van der Waals surface area contributed by atoms with Crippen LogP contribution in [0.1, 0.15) is 12.5 Å². The number of hydrogen-bond acceptors (Lipinski definition) is 7. The van der Waals surface area contributed by atoms with Crippen molar-refractivity contribution in [3.8, 4) is 11.8 Å². The van der Waals surface area contributed by atoms with Gasteiger partial charge in [-0.3, -0.25) is 4.79 Å². The van der Waals surface area contributed by atoms with Crippen LogP contribution in [-0.2, 0) is 14.8 Å². The normalized spacial score (nSPS) is 15.4. The molecule has 1 N–H and O–H groups in total. The van der Waals surface area contributed by atoms with Gasteiger partial charge in [-0.2, -0.15) is 9.98 Å². The fraction of sp³-hybridized carbons (Fsp3) is 0.350. The van der Waals surface area contributed by atoms with Crippen molar-refractivity contribution in [1.29, 1.82) is 5.26 Å². The molecular formula is C20H23N5O4S. The van der Waals surface area contributed by atoms with E-state index in [0.717, 1.165) is 0 Å². The number of piperazine rings is 1. The van der Waals surface area contributed by atoms with E-state index in [9.17, 15) is 18.5 Å². The van der Waals surface area contributed by atoms with Gasteiger partial charge in [-0.25, -0.2) is 13.4 Å². The maximum atomic E-state index is 12.8. The van der Waals surface area contributed by atoms with E-state index in [2.05, 4.69) is 15.8 Å². The molecule has 1 fully saturated rings. The summed E-state index contributed by atoms with van der Waals surface area (Å²) < 4.78 is 32.6. The van der Waals surface area contributed by atoms with E-state index in [-0.39, 0.29) is 10.8 Å². The van der Waals surface area contributed by atoms with E-state index in [0.29, 0.717) is 43.3 Å². The van der Waals surface area contributed by atoms with Gasteiger partial charge in [0.15, 0.2) is 0 Å². The number of carbonyl (C=O) groups is 1. The van der Waals surface area contributed by atoms with Crippen molar-refractivity contribution < 1.29 is 17.9 Å². The third-order valence-corrected chi connectivity index (χ3v) is 6.43. The molecule has 1 aliphatic rings. The summed E-state index contributed by atoms with van der Waals surface area (Å²) in [7, 11) is -2.34. The van der Waals surface area contributed by atoms with E-state index >= 15 is 0 Å². The molecule has 0 radical (unpaired) electrons. The molecule has 1 atom stereocenters. The first-order chi connectivity index (χ1) is 14.4. The number of anilines is 1. The third-order valence-electron chi connectivity index (χ3n) is 4.87. The van der Waals surface area contributed by atoms with Crippen molar-refractivity contribution in [2.75, 3.05) is 38.2 Å². The Bertz CT molecular complexity index is 1040. The van der Waals surface area contributed by atoms with Crippen LogP contribution in [0.25, 0.3) is 0 Å². The number of benzene rings is 1. The predicted octanol–water partition coefficient (Wildman–Crippen LogP) is 0.977. The van der Waals surface area contributed by atoms with Crippen LogP contribution in [0.4, 0.5) is 5.82 Å². The fourth-order valence-corrected chi connectivity index (χ4v) is 4.45. The quantitative estimate of drug-likeness (QED) is 0.728. The van der Waals surface area contributed by atoms with E-state index < -0.39 is 16.1 Å². The van der Waals surface area contributed by atoms with Crippen LogP contribution < -0.4 is 14.4 Å². The number of pyridine rings is 1. The maximum Gasteiger partial charge on any atom is 0.241 e. The second kappa shape index (κ2) is 9.11. The molecule has 3 rings (SSSR count). The molecule has 30 heavy (non-hydrogen) atoms. The second-order valence-electron chi connectivity index (χ2n) is 6.82. The Kier molecular flexibility index (Phi) is 6.54. The van der Waals surface area contributed by atoms with Gasteiger partial charge in [0.2, 0.25) is 15.9 Å². The third kappa shape index (κ3) is 4.69. The zero-order chi connectivity index (χ0) is 21.7. The molecule has 0 aliphatic carbocycles. The minimum Gasteiger partial charge on any atom is -0.497 e. The Morgan fingerprint density at radius 2 is 1.87 bits per heavy atom. The van der Waals surface area contributed by atoms with Gasteiger partial charge in [0, 0.05) is 32.4 Å². The van der Waals surface area contributed by atoms with Gasteiger partial charge in [-0.1, -0.05) is 0 Å². The number of hydrogen-bond donors (Lipinski definition) is 1. The zero-order valence-electron chi connectivity index (χ0n) is 16.8. The summed E-state index contributed by atoms with van der Waals surface area (Å²) in [6.45, 7) is 3.37. The molecule has 2 heterocycles. The fourth-order valence-electron chi connectivity index (χ4n) is 3.25. The summed E-state index contributed by atoms with van der Waals surface area (Å²) in [5.41, 5.74) is 0.484. The molecule has 0 saturated carbocycles. The highest BCUT2D eigenvalue weighted by Gasteiger charge is 2.29. The molecule has 1 amide bonds. The highest BCUT2D eigenvalue weighted by atomic mass is 32.2. The second-order valence-corrected chi connectivity index (χ2v) is 8.53. The van der Waals surface area contributed by atoms with Gasteiger partial charge >= 0.3 is 0 Å². The number of amides is 1. The number of nitrogens with zero attached hydrogens (tertiary/aromatic N) is 4. The van der Waals surface area contributed by atoms with Crippen molar-refractivity contribution in [2.45, 2.75) is 17.9 Å².